The van der Waals surface area contributed by atoms with Gasteiger partial charge >= 0.3 is 0 Å². The van der Waals surface area contributed by atoms with E-state index in [2.05, 4.69) is 12.1 Å². The molecule has 2 N–H and O–H groups in total. The maximum absolute atomic E-state index is 11.0. The molecule has 3 aromatic carbocycles. The summed E-state index contributed by atoms with van der Waals surface area (Å²) >= 11 is 0. The second-order valence-electron chi connectivity index (χ2n) is 7.52. The zero-order valence-corrected chi connectivity index (χ0v) is 16.8. The van der Waals surface area contributed by atoms with E-state index >= 15 is 0 Å². The van der Waals surface area contributed by atoms with Crippen molar-refractivity contribution in [2.24, 2.45) is 0 Å². The van der Waals surface area contributed by atoms with Crippen LogP contribution in [0.4, 0.5) is 0 Å². The second-order valence-corrected chi connectivity index (χ2v) is 7.52. The van der Waals surface area contributed by atoms with Gasteiger partial charge < -0.3 is 10.2 Å². The Hall–Kier alpha value is -4.12. The molecule has 5 heteroatoms. The zero-order valence-electron chi connectivity index (χ0n) is 16.8. The summed E-state index contributed by atoms with van der Waals surface area (Å²) in [6.07, 6.45) is 2.93. The average molecular weight is 407 g/mol. The van der Waals surface area contributed by atoms with Gasteiger partial charge in [0.25, 0.3) is 0 Å². The van der Waals surface area contributed by atoms with Crippen LogP contribution in [0.2, 0.25) is 0 Å². The Morgan fingerprint density at radius 3 is 1.84 bits per heavy atom. The number of imidazole rings is 1. The van der Waals surface area contributed by atoms with Crippen molar-refractivity contribution in [1.82, 2.24) is 14.4 Å². The van der Waals surface area contributed by atoms with Gasteiger partial charge in [0.1, 0.15) is 11.4 Å². The molecular weight excluding hydrogens is 386 g/mol. The van der Waals surface area contributed by atoms with Crippen molar-refractivity contribution in [3.05, 3.63) is 114 Å². The smallest absolute Gasteiger partial charge is 0.219 e. The molecule has 0 fully saturated rings. The van der Waals surface area contributed by atoms with Gasteiger partial charge in [0.15, 0.2) is 5.65 Å². The van der Waals surface area contributed by atoms with Gasteiger partial charge in [0, 0.05) is 24.6 Å². The SMILES string of the molecule is Oc1ccc(-c2cn3c(O)c(Cc4ccccc4)nc3c(Cc3ccccc3)n2)cc1. The van der Waals surface area contributed by atoms with Crippen LogP contribution in [0.1, 0.15) is 22.5 Å². The quantitative estimate of drug-likeness (QED) is 0.431. The van der Waals surface area contributed by atoms with E-state index in [0.717, 1.165) is 22.4 Å². The van der Waals surface area contributed by atoms with Gasteiger partial charge in [-0.3, -0.25) is 4.40 Å². The van der Waals surface area contributed by atoms with Gasteiger partial charge in [-0.1, -0.05) is 60.7 Å². The van der Waals surface area contributed by atoms with E-state index in [-0.39, 0.29) is 11.6 Å². The maximum atomic E-state index is 11.0. The van der Waals surface area contributed by atoms with Crippen LogP contribution in [0.25, 0.3) is 16.9 Å². The van der Waals surface area contributed by atoms with Crippen LogP contribution in [0.3, 0.4) is 0 Å². The Balaban J connectivity index is 1.65. The summed E-state index contributed by atoms with van der Waals surface area (Å²) in [6.45, 7) is 0. The summed E-state index contributed by atoms with van der Waals surface area (Å²) in [4.78, 5) is 9.64. The molecule has 2 heterocycles. The summed E-state index contributed by atoms with van der Waals surface area (Å²) in [5.74, 6) is 0.320. The molecule has 0 aliphatic carbocycles. The lowest BCUT2D eigenvalue weighted by molar-refractivity contribution is 0.442. The van der Waals surface area contributed by atoms with E-state index in [0.29, 0.717) is 29.9 Å². The van der Waals surface area contributed by atoms with Crippen LogP contribution in [0.15, 0.2) is 91.1 Å². The van der Waals surface area contributed by atoms with Gasteiger partial charge in [0.05, 0.1) is 11.4 Å². The summed E-state index contributed by atoms with van der Waals surface area (Å²) in [5.41, 5.74) is 5.81. The minimum absolute atomic E-state index is 0.121. The molecular formula is C26H21N3O2. The van der Waals surface area contributed by atoms with Gasteiger partial charge in [-0.15, -0.1) is 0 Å². The Bertz CT molecular complexity index is 1330. The van der Waals surface area contributed by atoms with Crippen molar-refractivity contribution >= 4 is 5.65 Å². The molecule has 31 heavy (non-hydrogen) atoms. The fraction of sp³-hybridized carbons (Fsp3) is 0.0769. The van der Waals surface area contributed by atoms with Crippen molar-refractivity contribution in [3.8, 4) is 22.9 Å². The predicted octanol–water partition coefficient (Wildman–Crippen LogP) is 4.99. The number of aromatic hydroxyl groups is 2. The van der Waals surface area contributed by atoms with E-state index < -0.39 is 0 Å². The summed E-state index contributed by atoms with van der Waals surface area (Å²) in [6, 6.07) is 27.0. The number of hydrogen-bond acceptors (Lipinski definition) is 4. The van der Waals surface area contributed by atoms with Crippen molar-refractivity contribution in [2.45, 2.75) is 12.8 Å². The summed E-state index contributed by atoms with van der Waals surface area (Å²) in [7, 11) is 0. The standard InChI is InChI=1S/C26H21N3O2/c30-21-13-11-20(12-14-21)24-17-29-25(22(27-24)15-18-7-3-1-4-8-18)28-23(26(29)31)16-19-9-5-2-6-10-19/h1-14,17,30-31H,15-16H2. The fourth-order valence-electron chi connectivity index (χ4n) is 3.73. The topological polar surface area (TPSA) is 70.7 Å². The third-order valence-corrected chi connectivity index (χ3v) is 5.31. The van der Waals surface area contributed by atoms with Crippen LogP contribution in [0.5, 0.6) is 11.6 Å². The molecule has 5 aromatic rings. The number of nitrogens with zero attached hydrogens (tertiary/aromatic N) is 3. The monoisotopic (exact) mass is 407 g/mol. The lowest BCUT2D eigenvalue weighted by Gasteiger charge is -2.08. The second kappa shape index (κ2) is 7.95. The van der Waals surface area contributed by atoms with Gasteiger partial charge in [-0.05, 0) is 35.4 Å². The number of fused-ring (bicyclic) bond motifs is 1. The number of phenols is 1. The Morgan fingerprint density at radius 1 is 0.645 bits per heavy atom. The van der Waals surface area contributed by atoms with Gasteiger partial charge in [0.2, 0.25) is 5.88 Å². The molecule has 0 amide bonds. The van der Waals surface area contributed by atoms with Crippen molar-refractivity contribution < 1.29 is 10.2 Å². The van der Waals surface area contributed by atoms with Gasteiger partial charge in [-0.25, -0.2) is 9.97 Å². The minimum atomic E-state index is 0.121. The van der Waals surface area contributed by atoms with E-state index in [9.17, 15) is 10.2 Å². The van der Waals surface area contributed by atoms with Crippen molar-refractivity contribution in [3.63, 3.8) is 0 Å². The molecule has 0 spiro atoms. The van der Waals surface area contributed by atoms with E-state index in [4.69, 9.17) is 9.97 Å². The Labute approximate surface area is 179 Å². The average Bonchev–Trinajstić information content (AvgIpc) is 3.11. The molecule has 0 aliphatic heterocycles. The van der Waals surface area contributed by atoms with Crippen LogP contribution >= 0.6 is 0 Å². The largest absolute Gasteiger partial charge is 0.508 e. The van der Waals surface area contributed by atoms with Crippen LogP contribution in [-0.4, -0.2) is 24.6 Å². The molecule has 152 valence electrons. The number of rotatable bonds is 5. The van der Waals surface area contributed by atoms with E-state index in [1.165, 1.54) is 0 Å². The zero-order chi connectivity index (χ0) is 21.2. The lowest BCUT2D eigenvalue weighted by atomic mass is 10.1. The molecule has 0 atom stereocenters. The summed E-state index contributed by atoms with van der Waals surface area (Å²) in [5, 5.41) is 20.6. The molecule has 0 radical (unpaired) electrons. The third kappa shape index (κ3) is 3.85. The Morgan fingerprint density at radius 2 is 1.23 bits per heavy atom. The molecule has 0 aliphatic rings. The molecule has 0 bridgehead atoms. The highest BCUT2D eigenvalue weighted by atomic mass is 16.3. The molecule has 0 saturated heterocycles. The molecule has 5 nitrogen and oxygen atoms in total. The first-order valence-corrected chi connectivity index (χ1v) is 10.1. The molecule has 0 saturated carbocycles. The highest BCUT2D eigenvalue weighted by molar-refractivity contribution is 5.64. The van der Waals surface area contributed by atoms with Crippen LogP contribution < -0.4 is 0 Å². The number of aromatic nitrogens is 3. The molecule has 5 rings (SSSR count). The summed E-state index contributed by atoms with van der Waals surface area (Å²) < 4.78 is 1.71. The molecule has 2 aromatic heterocycles. The predicted molar refractivity (Wildman–Crippen MR) is 120 cm³/mol. The number of hydrogen-bond donors (Lipinski definition) is 2. The van der Waals surface area contributed by atoms with Crippen molar-refractivity contribution in [2.75, 3.05) is 0 Å². The van der Waals surface area contributed by atoms with Crippen molar-refractivity contribution in [1.29, 1.82) is 0 Å². The first-order chi connectivity index (χ1) is 15.2. The van der Waals surface area contributed by atoms with E-state index in [1.807, 2.05) is 60.7 Å². The first kappa shape index (κ1) is 18.9. The maximum Gasteiger partial charge on any atom is 0.219 e. The van der Waals surface area contributed by atoms with Gasteiger partial charge in [-0.2, -0.15) is 0 Å². The Kier molecular flexibility index (Phi) is 4.84. The lowest BCUT2D eigenvalue weighted by Crippen LogP contribution is -2.00. The number of benzene rings is 3. The van der Waals surface area contributed by atoms with Crippen LogP contribution in [0, 0.1) is 0 Å². The molecule has 0 unspecified atom stereocenters. The minimum Gasteiger partial charge on any atom is -0.508 e. The highest BCUT2D eigenvalue weighted by Crippen LogP contribution is 2.28. The van der Waals surface area contributed by atoms with Crippen LogP contribution in [-0.2, 0) is 12.8 Å². The number of phenolic OH excluding ortho intramolecular Hbond substituents is 1. The third-order valence-electron chi connectivity index (χ3n) is 5.31. The van der Waals surface area contributed by atoms with E-state index in [1.54, 1.807) is 22.7 Å². The first-order valence-electron chi connectivity index (χ1n) is 10.1. The normalized spacial score (nSPS) is 11.1. The fourth-order valence-corrected chi connectivity index (χ4v) is 3.73. The highest BCUT2D eigenvalue weighted by Gasteiger charge is 2.18.